The number of ether oxygens (including phenoxy) is 1. The molecule has 18 heavy (non-hydrogen) atoms. The predicted molar refractivity (Wildman–Crippen MR) is 63.9 cm³/mol. The van der Waals surface area contributed by atoms with Gasteiger partial charge in [0.1, 0.15) is 0 Å². The van der Waals surface area contributed by atoms with Gasteiger partial charge in [0.2, 0.25) is 11.7 Å². The van der Waals surface area contributed by atoms with Gasteiger partial charge in [0.05, 0.1) is 19.2 Å². The minimum Gasteiger partial charge on any atom is -0.493 e. The van der Waals surface area contributed by atoms with Crippen LogP contribution >= 0.6 is 11.6 Å². The summed E-state index contributed by atoms with van der Waals surface area (Å²) in [5.41, 5.74) is 6.36. The molecule has 0 atom stereocenters. The second-order valence-corrected chi connectivity index (χ2v) is 4.00. The SMILES string of the molecule is COc1c(F)cc(Cl)c(C)c1-c1noc(CN)n1. The molecule has 0 unspecified atom stereocenters. The van der Waals surface area contributed by atoms with Gasteiger partial charge in [-0.2, -0.15) is 4.98 Å². The van der Waals surface area contributed by atoms with Crippen LogP contribution in [0.15, 0.2) is 10.6 Å². The maximum Gasteiger partial charge on any atom is 0.240 e. The maximum absolute atomic E-state index is 13.7. The molecule has 0 radical (unpaired) electrons. The first kappa shape index (κ1) is 12.8. The van der Waals surface area contributed by atoms with Gasteiger partial charge in [0, 0.05) is 5.02 Å². The molecule has 2 aromatic rings. The highest BCUT2D eigenvalue weighted by atomic mass is 35.5. The van der Waals surface area contributed by atoms with Gasteiger partial charge < -0.3 is 15.0 Å². The zero-order valence-corrected chi connectivity index (χ0v) is 10.6. The zero-order valence-electron chi connectivity index (χ0n) is 9.83. The minimum atomic E-state index is -0.581. The lowest BCUT2D eigenvalue weighted by atomic mass is 10.1. The van der Waals surface area contributed by atoms with Crippen LogP contribution in [0.2, 0.25) is 5.02 Å². The molecular formula is C11H11ClFN3O2. The fourth-order valence-corrected chi connectivity index (χ4v) is 1.79. The number of hydrogen-bond donors (Lipinski definition) is 1. The van der Waals surface area contributed by atoms with Crippen molar-refractivity contribution in [3.05, 3.63) is 28.4 Å². The highest BCUT2D eigenvalue weighted by Crippen LogP contribution is 2.37. The molecule has 0 saturated heterocycles. The van der Waals surface area contributed by atoms with Gasteiger partial charge in [-0.25, -0.2) is 4.39 Å². The van der Waals surface area contributed by atoms with E-state index in [0.717, 1.165) is 0 Å². The first-order valence-electron chi connectivity index (χ1n) is 5.14. The lowest BCUT2D eigenvalue weighted by molar-refractivity contribution is 0.377. The van der Waals surface area contributed by atoms with Crippen LogP contribution in [-0.4, -0.2) is 17.3 Å². The van der Waals surface area contributed by atoms with Crippen LogP contribution in [0.25, 0.3) is 11.4 Å². The van der Waals surface area contributed by atoms with Crippen molar-refractivity contribution in [3.63, 3.8) is 0 Å². The Morgan fingerprint density at radius 3 is 2.83 bits per heavy atom. The molecule has 2 N–H and O–H groups in total. The van der Waals surface area contributed by atoms with Crippen molar-refractivity contribution in [2.45, 2.75) is 13.5 Å². The van der Waals surface area contributed by atoms with E-state index in [0.29, 0.717) is 11.1 Å². The van der Waals surface area contributed by atoms with E-state index in [2.05, 4.69) is 10.1 Å². The molecule has 0 aliphatic carbocycles. The first-order chi connectivity index (χ1) is 8.58. The summed E-state index contributed by atoms with van der Waals surface area (Å²) < 4.78 is 23.7. The third kappa shape index (κ3) is 2.04. The maximum atomic E-state index is 13.7. The summed E-state index contributed by atoms with van der Waals surface area (Å²) >= 11 is 5.93. The molecule has 96 valence electrons. The highest BCUT2D eigenvalue weighted by molar-refractivity contribution is 6.31. The van der Waals surface area contributed by atoms with Crippen molar-refractivity contribution in [2.24, 2.45) is 5.73 Å². The number of hydrogen-bond acceptors (Lipinski definition) is 5. The number of methoxy groups -OCH3 is 1. The van der Waals surface area contributed by atoms with Crippen LogP contribution in [0.5, 0.6) is 5.75 Å². The van der Waals surface area contributed by atoms with E-state index in [4.69, 9.17) is 26.6 Å². The number of nitrogens with two attached hydrogens (primary N) is 1. The van der Waals surface area contributed by atoms with Crippen molar-refractivity contribution < 1.29 is 13.7 Å². The molecule has 1 heterocycles. The van der Waals surface area contributed by atoms with Crippen molar-refractivity contribution in [3.8, 4) is 17.1 Å². The molecule has 7 heteroatoms. The Hall–Kier alpha value is -1.66. The number of benzene rings is 1. The van der Waals surface area contributed by atoms with E-state index in [-0.39, 0.29) is 29.0 Å². The summed E-state index contributed by atoms with van der Waals surface area (Å²) in [5.74, 6) is -0.0958. The third-order valence-electron chi connectivity index (χ3n) is 2.50. The van der Waals surface area contributed by atoms with E-state index < -0.39 is 5.82 Å². The second kappa shape index (κ2) is 4.91. The van der Waals surface area contributed by atoms with E-state index in [9.17, 15) is 4.39 Å². The molecule has 0 aliphatic heterocycles. The van der Waals surface area contributed by atoms with Gasteiger partial charge in [0.15, 0.2) is 11.6 Å². The molecule has 0 spiro atoms. The Kier molecular flexibility index (Phi) is 3.49. The molecule has 0 saturated carbocycles. The van der Waals surface area contributed by atoms with E-state index in [1.807, 2.05) is 0 Å². The van der Waals surface area contributed by atoms with Gasteiger partial charge in [-0.3, -0.25) is 0 Å². The zero-order chi connectivity index (χ0) is 13.3. The van der Waals surface area contributed by atoms with Gasteiger partial charge >= 0.3 is 0 Å². The van der Waals surface area contributed by atoms with Crippen LogP contribution in [0.4, 0.5) is 4.39 Å². The Morgan fingerprint density at radius 2 is 2.28 bits per heavy atom. The second-order valence-electron chi connectivity index (χ2n) is 3.59. The van der Waals surface area contributed by atoms with Crippen molar-refractivity contribution in [1.29, 1.82) is 0 Å². The van der Waals surface area contributed by atoms with Crippen molar-refractivity contribution >= 4 is 11.6 Å². The van der Waals surface area contributed by atoms with Gasteiger partial charge in [-0.1, -0.05) is 16.8 Å². The largest absolute Gasteiger partial charge is 0.493 e. The Bertz CT molecular complexity index is 586. The summed E-state index contributed by atoms with van der Waals surface area (Å²) in [5, 5.41) is 4.00. The van der Waals surface area contributed by atoms with Crippen LogP contribution in [-0.2, 0) is 6.54 Å². The molecule has 1 aromatic heterocycles. The van der Waals surface area contributed by atoms with Crippen LogP contribution in [0.3, 0.4) is 0 Å². The van der Waals surface area contributed by atoms with Crippen LogP contribution in [0.1, 0.15) is 11.5 Å². The van der Waals surface area contributed by atoms with Crippen LogP contribution < -0.4 is 10.5 Å². The fourth-order valence-electron chi connectivity index (χ4n) is 1.60. The number of rotatable bonds is 3. The molecule has 1 aromatic carbocycles. The number of aromatic nitrogens is 2. The average Bonchev–Trinajstić information content (AvgIpc) is 2.81. The lowest BCUT2D eigenvalue weighted by Gasteiger charge is -2.10. The molecule has 0 fully saturated rings. The summed E-state index contributed by atoms with van der Waals surface area (Å²) in [6.45, 7) is 1.83. The standard InChI is InChI=1S/C11H11ClFN3O2/c1-5-6(12)3-7(13)10(17-2)9(5)11-15-8(4-14)18-16-11/h3H,4,14H2,1-2H3. The smallest absolute Gasteiger partial charge is 0.240 e. The van der Waals surface area contributed by atoms with E-state index in [1.54, 1.807) is 6.92 Å². The van der Waals surface area contributed by atoms with Gasteiger partial charge in [-0.15, -0.1) is 0 Å². The first-order valence-corrected chi connectivity index (χ1v) is 5.51. The molecule has 5 nitrogen and oxygen atoms in total. The molecular weight excluding hydrogens is 261 g/mol. The summed E-state index contributed by atoms with van der Waals surface area (Å²) in [6, 6.07) is 1.18. The quantitative estimate of drug-likeness (QED) is 0.927. The summed E-state index contributed by atoms with van der Waals surface area (Å²) in [7, 11) is 1.36. The van der Waals surface area contributed by atoms with Crippen LogP contribution in [0, 0.1) is 12.7 Å². The van der Waals surface area contributed by atoms with E-state index >= 15 is 0 Å². The van der Waals surface area contributed by atoms with Crippen molar-refractivity contribution in [1.82, 2.24) is 10.1 Å². The monoisotopic (exact) mass is 271 g/mol. The molecule has 2 rings (SSSR count). The molecule has 0 aliphatic rings. The highest BCUT2D eigenvalue weighted by Gasteiger charge is 2.21. The van der Waals surface area contributed by atoms with Gasteiger partial charge in [0.25, 0.3) is 0 Å². The fraction of sp³-hybridized carbons (Fsp3) is 0.273. The summed E-state index contributed by atoms with van der Waals surface area (Å²) in [4.78, 5) is 4.04. The Balaban J connectivity index is 2.68. The van der Waals surface area contributed by atoms with Crippen molar-refractivity contribution in [2.75, 3.05) is 7.11 Å². The molecule has 0 amide bonds. The topological polar surface area (TPSA) is 74.2 Å². The normalized spacial score (nSPS) is 10.7. The minimum absolute atomic E-state index is 0.0290. The third-order valence-corrected chi connectivity index (χ3v) is 2.89. The number of halogens is 2. The lowest BCUT2D eigenvalue weighted by Crippen LogP contribution is -1.98. The van der Waals surface area contributed by atoms with E-state index in [1.165, 1.54) is 13.2 Å². The van der Waals surface area contributed by atoms with Gasteiger partial charge in [-0.05, 0) is 18.6 Å². The Labute approximate surface area is 108 Å². The average molecular weight is 272 g/mol. The summed E-state index contributed by atoms with van der Waals surface area (Å²) in [6.07, 6.45) is 0. The Morgan fingerprint density at radius 1 is 1.56 bits per heavy atom. The number of nitrogens with zero attached hydrogens (tertiary/aromatic N) is 2. The predicted octanol–water partition coefficient (Wildman–Crippen LogP) is 2.30. The molecule has 0 bridgehead atoms.